The average molecular weight is 161 g/mol. The van der Waals surface area contributed by atoms with Crippen LogP contribution in [0.3, 0.4) is 0 Å². The van der Waals surface area contributed by atoms with Crippen molar-refractivity contribution in [2.24, 2.45) is 0 Å². The molecule has 2 heteroatoms. The van der Waals surface area contributed by atoms with Crippen molar-refractivity contribution in [1.29, 1.82) is 0 Å². The molecule has 0 aliphatic carbocycles. The highest BCUT2D eigenvalue weighted by Crippen LogP contribution is 2.18. The zero-order valence-corrected chi connectivity index (χ0v) is 7.05. The third-order valence-electron chi connectivity index (χ3n) is 1.79. The molecule has 0 saturated carbocycles. The third kappa shape index (κ3) is 1.76. The molecule has 1 heterocycles. The minimum atomic E-state index is 0.0669. The number of hydrogen-bond acceptors (Lipinski definition) is 1. The summed E-state index contributed by atoms with van der Waals surface area (Å²) in [7, 11) is 0. The first-order valence-electron chi connectivity index (χ1n) is 3.89. The number of nitrogens with one attached hydrogen (secondary N) is 1. The van der Waals surface area contributed by atoms with Crippen LogP contribution < -0.4 is 5.32 Å². The van der Waals surface area contributed by atoms with Crippen LogP contribution in [0.2, 0.25) is 0 Å². The molecule has 2 nitrogen and oxygen atoms in total. The maximum Gasteiger partial charge on any atom is 0.224 e. The van der Waals surface area contributed by atoms with E-state index in [1.807, 2.05) is 13.0 Å². The van der Waals surface area contributed by atoms with E-state index in [1.165, 1.54) is 0 Å². The number of terminal acetylenes is 1. The number of carbonyl (C=O) groups excluding carboxylic acids is 1. The van der Waals surface area contributed by atoms with Crippen molar-refractivity contribution in [3.8, 4) is 12.3 Å². The van der Waals surface area contributed by atoms with E-state index in [0.717, 1.165) is 17.7 Å². The van der Waals surface area contributed by atoms with E-state index in [9.17, 15) is 4.79 Å². The summed E-state index contributed by atoms with van der Waals surface area (Å²) >= 11 is 0. The van der Waals surface area contributed by atoms with Crippen molar-refractivity contribution >= 4 is 5.91 Å². The van der Waals surface area contributed by atoms with Gasteiger partial charge in [0.05, 0.1) is 0 Å². The van der Waals surface area contributed by atoms with E-state index in [4.69, 9.17) is 6.42 Å². The van der Waals surface area contributed by atoms with Gasteiger partial charge in [-0.05, 0) is 25.0 Å². The van der Waals surface area contributed by atoms with Crippen molar-refractivity contribution < 1.29 is 4.79 Å². The van der Waals surface area contributed by atoms with Gasteiger partial charge in [-0.1, -0.05) is 12.0 Å². The van der Waals surface area contributed by atoms with Crippen molar-refractivity contribution in [2.75, 3.05) is 0 Å². The van der Waals surface area contributed by atoms with Crippen LogP contribution in [0.25, 0.3) is 0 Å². The molecule has 12 heavy (non-hydrogen) atoms. The molecule has 0 radical (unpaired) electrons. The SMILES string of the molecule is C#C/C=C1/CCC(=O)N/C1=C/C. The van der Waals surface area contributed by atoms with E-state index >= 15 is 0 Å². The van der Waals surface area contributed by atoms with Crippen LogP contribution in [0.1, 0.15) is 19.8 Å². The molecule has 0 bridgehead atoms. The molecular weight excluding hydrogens is 150 g/mol. The van der Waals surface area contributed by atoms with Gasteiger partial charge in [-0.15, -0.1) is 6.42 Å². The smallest absolute Gasteiger partial charge is 0.224 e. The summed E-state index contributed by atoms with van der Waals surface area (Å²) in [6.45, 7) is 1.88. The highest BCUT2D eigenvalue weighted by molar-refractivity contribution is 5.81. The monoisotopic (exact) mass is 161 g/mol. The molecular formula is C10H11NO. The second kappa shape index (κ2) is 3.77. The Bertz CT molecular complexity index is 291. The highest BCUT2D eigenvalue weighted by Gasteiger charge is 2.15. The molecule has 0 atom stereocenters. The topological polar surface area (TPSA) is 29.1 Å². The summed E-state index contributed by atoms with van der Waals surface area (Å²) in [4.78, 5) is 11.0. The molecule has 1 aliphatic rings. The lowest BCUT2D eigenvalue weighted by molar-refractivity contribution is -0.120. The minimum Gasteiger partial charge on any atom is -0.326 e. The number of amides is 1. The predicted octanol–water partition coefficient (Wildman–Crippen LogP) is 1.36. The fraction of sp³-hybridized carbons (Fsp3) is 0.300. The quantitative estimate of drug-likeness (QED) is 0.534. The Morgan fingerprint density at radius 2 is 2.33 bits per heavy atom. The Morgan fingerprint density at radius 3 is 2.92 bits per heavy atom. The second-order valence-corrected chi connectivity index (χ2v) is 2.59. The summed E-state index contributed by atoms with van der Waals surface area (Å²) in [6.07, 6.45) is 9.99. The molecule has 0 unspecified atom stereocenters. The van der Waals surface area contributed by atoms with Crippen LogP contribution in [0.4, 0.5) is 0 Å². The molecule has 0 aromatic carbocycles. The lowest BCUT2D eigenvalue weighted by Crippen LogP contribution is -2.28. The Kier molecular flexibility index (Phi) is 2.71. The summed E-state index contributed by atoms with van der Waals surface area (Å²) in [5, 5.41) is 2.76. The van der Waals surface area contributed by atoms with Crippen LogP contribution in [0.15, 0.2) is 23.4 Å². The van der Waals surface area contributed by atoms with Gasteiger partial charge in [0.25, 0.3) is 0 Å². The van der Waals surface area contributed by atoms with Crippen LogP contribution in [-0.2, 0) is 4.79 Å². The van der Waals surface area contributed by atoms with E-state index in [2.05, 4.69) is 11.2 Å². The van der Waals surface area contributed by atoms with Gasteiger partial charge in [0.2, 0.25) is 5.91 Å². The van der Waals surface area contributed by atoms with Gasteiger partial charge in [0, 0.05) is 12.1 Å². The Balaban J connectivity index is 2.86. The van der Waals surface area contributed by atoms with Crippen molar-refractivity contribution in [1.82, 2.24) is 5.32 Å². The highest BCUT2D eigenvalue weighted by atomic mass is 16.1. The number of hydrogen-bond donors (Lipinski definition) is 1. The average Bonchev–Trinajstić information content (AvgIpc) is 2.08. The Labute approximate surface area is 72.3 Å². The molecule has 1 rings (SSSR count). The number of rotatable bonds is 0. The maximum absolute atomic E-state index is 11.0. The first kappa shape index (κ1) is 8.61. The molecule has 1 saturated heterocycles. The number of carbonyl (C=O) groups is 1. The summed E-state index contributed by atoms with van der Waals surface area (Å²) in [5.41, 5.74) is 1.89. The summed E-state index contributed by atoms with van der Waals surface area (Å²) in [6, 6.07) is 0. The molecule has 0 spiro atoms. The van der Waals surface area contributed by atoms with Gasteiger partial charge in [-0.2, -0.15) is 0 Å². The number of piperidine rings is 1. The third-order valence-corrected chi connectivity index (χ3v) is 1.79. The predicted molar refractivity (Wildman–Crippen MR) is 48.0 cm³/mol. The Hall–Kier alpha value is -1.49. The zero-order valence-electron chi connectivity index (χ0n) is 7.05. The largest absolute Gasteiger partial charge is 0.326 e. The van der Waals surface area contributed by atoms with Gasteiger partial charge in [0.15, 0.2) is 0 Å². The van der Waals surface area contributed by atoms with Crippen LogP contribution >= 0.6 is 0 Å². The van der Waals surface area contributed by atoms with Gasteiger partial charge in [-0.25, -0.2) is 0 Å². The lowest BCUT2D eigenvalue weighted by atomic mass is 10.0. The number of allylic oxidation sites excluding steroid dienone is 3. The molecule has 1 amide bonds. The van der Waals surface area contributed by atoms with Crippen LogP contribution in [-0.4, -0.2) is 5.91 Å². The Morgan fingerprint density at radius 1 is 1.58 bits per heavy atom. The maximum atomic E-state index is 11.0. The minimum absolute atomic E-state index is 0.0669. The van der Waals surface area contributed by atoms with Crippen molar-refractivity contribution in [2.45, 2.75) is 19.8 Å². The van der Waals surface area contributed by atoms with Crippen LogP contribution in [0.5, 0.6) is 0 Å². The van der Waals surface area contributed by atoms with Gasteiger partial charge >= 0.3 is 0 Å². The molecule has 1 N–H and O–H groups in total. The fourth-order valence-electron chi connectivity index (χ4n) is 1.18. The molecule has 0 aromatic rings. The fourth-order valence-corrected chi connectivity index (χ4v) is 1.18. The zero-order chi connectivity index (χ0) is 8.97. The standard InChI is InChI=1S/C10H11NO/c1-3-5-8-6-7-10(12)11-9(8)4-2/h1,4-5H,6-7H2,2H3,(H,11,12)/b8-5-,9-4+. The van der Waals surface area contributed by atoms with Gasteiger partial charge in [0.1, 0.15) is 0 Å². The van der Waals surface area contributed by atoms with E-state index in [-0.39, 0.29) is 5.91 Å². The normalized spacial score (nSPS) is 23.8. The first-order chi connectivity index (χ1) is 5.77. The van der Waals surface area contributed by atoms with Gasteiger partial charge in [-0.3, -0.25) is 4.79 Å². The molecule has 62 valence electrons. The second-order valence-electron chi connectivity index (χ2n) is 2.59. The molecule has 0 aromatic heterocycles. The summed E-state index contributed by atoms with van der Waals surface area (Å²) < 4.78 is 0. The summed E-state index contributed by atoms with van der Waals surface area (Å²) in [5.74, 6) is 2.53. The van der Waals surface area contributed by atoms with Gasteiger partial charge < -0.3 is 5.32 Å². The van der Waals surface area contributed by atoms with Crippen molar-refractivity contribution in [3.05, 3.63) is 23.4 Å². The van der Waals surface area contributed by atoms with E-state index < -0.39 is 0 Å². The van der Waals surface area contributed by atoms with Crippen LogP contribution in [0, 0.1) is 12.3 Å². The lowest BCUT2D eigenvalue weighted by Gasteiger charge is -2.17. The van der Waals surface area contributed by atoms with E-state index in [1.54, 1.807) is 6.08 Å². The molecule has 1 aliphatic heterocycles. The molecule has 1 fully saturated rings. The van der Waals surface area contributed by atoms with Crippen molar-refractivity contribution in [3.63, 3.8) is 0 Å². The van der Waals surface area contributed by atoms with E-state index in [0.29, 0.717) is 6.42 Å². The first-order valence-corrected chi connectivity index (χ1v) is 3.89.